The van der Waals surface area contributed by atoms with Crippen molar-refractivity contribution in [2.75, 3.05) is 0 Å². The second-order valence-corrected chi connectivity index (χ2v) is 6.09. The molecule has 1 aromatic rings. The molecule has 1 heterocycles. The topological polar surface area (TPSA) is 144 Å². The number of aryl methyl sites for hydroxylation is 2. The second kappa shape index (κ2) is 6.68. The summed E-state index contributed by atoms with van der Waals surface area (Å²) in [7, 11) is -4.08. The van der Waals surface area contributed by atoms with Crippen molar-refractivity contribution >= 4 is 21.9 Å². The fraction of sp³-hybridized carbons (Fsp3) is 0.545. The van der Waals surface area contributed by atoms with Crippen LogP contribution in [0, 0.1) is 6.92 Å². The maximum absolute atomic E-state index is 12.1. The van der Waals surface area contributed by atoms with Gasteiger partial charge in [-0.2, -0.15) is 4.72 Å². The molecule has 118 valence electrons. The van der Waals surface area contributed by atoms with E-state index in [9.17, 15) is 18.0 Å². The van der Waals surface area contributed by atoms with Crippen molar-refractivity contribution in [3.05, 3.63) is 12.0 Å². The largest absolute Gasteiger partial charge is 0.480 e. The molecule has 0 aliphatic heterocycles. The Morgan fingerprint density at radius 2 is 2.14 bits per heavy atom. The Morgan fingerprint density at radius 3 is 2.57 bits per heavy atom. The van der Waals surface area contributed by atoms with Gasteiger partial charge in [-0.15, -0.1) is 0 Å². The Morgan fingerprint density at radius 1 is 1.52 bits per heavy atom. The maximum Gasteiger partial charge on any atom is 0.321 e. The number of rotatable bonds is 8. The molecule has 0 aliphatic rings. The van der Waals surface area contributed by atoms with E-state index in [4.69, 9.17) is 10.8 Å². The van der Waals surface area contributed by atoms with E-state index >= 15 is 0 Å². The summed E-state index contributed by atoms with van der Waals surface area (Å²) < 4.78 is 27.9. The van der Waals surface area contributed by atoms with Crippen molar-refractivity contribution in [1.82, 2.24) is 14.3 Å². The van der Waals surface area contributed by atoms with Crippen LogP contribution in [-0.4, -0.2) is 41.0 Å². The predicted octanol–water partition coefficient (Wildman–Crippen LogP) is -0.792. The number of hydrogen-bond acceptors (Lipinski definition) is 5. The molecule has 21 heavy (non-hydrogen) atoms. The van der Waals surface area contributed by atoms with Crippen molar-refractivity contribution in [2.24, 2.45) is 5.73 Å². The second-order valence-electron chi connectivity index (χ2n) is 4.43. The summed E-state index contributed by atoms with van der Waals surface area (Å²) in [5.74, 6) is -1.58. The summed E-state index contributed by atoms with van der Waals surface area (Å²) in [5, 5.41) is 8.74. The zero-order valence-electron chi connectivity index (χ0n) is 11.7. The van der Waals surface area contributed by atoms with E-state index in [0.29, 0.717) is 12.4 Å². The van der Waals surface area contributed by atoms with E-state index in [-0.39, 0.29) is 17.9 Å². The third-order valence-corrected chi connectivity index (χ3v) is 4.19. The minimum Gasteiger partial charge on any atom is -0.480 e. The summed E-state index contributed by atoms with van der Waals surface area (Å²) in [6, 6.07) is -1.44. The van der Waals surface area contributed by atoms with Crippen molar-refractivity contribution in [3.63, 3.8) is 0 Å². The average molecular weight is 318 g/mol. The SMILES string of the molecule is CCn1cc(S(=O)(=O)N[C@H](CCC(N)=O)C(=O)O)nc1C. The molecule has 0 fully saturated rings. The number of carbonyl (C=O) groups excluding carboxylic acids is 1. The lowest BCUT2D eigenvalue weighted by Gasteiger charge is -2.12. The first kappa shape index (κ1) is 17.1. The first-order valence-corrected chi connectivity index (χ1v) is 7.73. The van der Waals surface area contributed by atoms with Crippen LogP contribution in [0.4, 0.5) is 0 Å². The van der Waals surface area contributed by atoms with Crippen LogP contribution in [0.15, 0.2) is 11.2 Å². The highest BCUT2D eigenvalue weighted by Crippen LogP contribution is 2.11. The van der Waals surface area contributed by atoms with Crippen LogP contribution in [0.2, 0.25) is 0 Å². The molecule has 0 saturated heterocycles. The van der Waals surface area contributed by atoms with Gasteiger partial charge >= 0.3 is 5.97 Å². The van der Waals surface area contributed by atoms with E-state index in [1.54, 1.807) is 11.5 Å². The van der Waals surface area contributed by atoms with Crippen LogP contribution in [0.25, 0.3) is 0 Å². The van der Waals surface area contributed by atoms with Gasteiger partial charge in [-0.1, -0.05) is 0 Å². The number of carbonyl (C=O) groups is 2. The van der Waals surface area contributed by atoms with Gasteiger partial charge in [-0.3, -0.25) is 9.59 Å². The molecule has 0 radical (unpaired) electrons. The average Bonchev–Trinajstić information content (AvgIpc) is 2.76. The molecule has 10 heteroatoms. The lowest BCUT2D eigenvalue weighted by atomic mass is 10.2. The smallest absolute Gasteiger partial charge is 0.321 e. The van der Waals surface area contributed by atoms with Gasteiger partial charge in [0.15, 0.2) is 5.03 Å². The number of carboxylic acid groups (broad SMARTS) is 1. The molecular weight excluding hydrogens is 300 g/mol. The zero-order chi connectivity index (χ0) is 16.2. The standard InChI is InChI=1S/C11H18N4O5S/c1-3-15-6-10(13-7(15)2)21(19,20)14-8(11(17)18)4-5-9(12)16/h6,8,14H,3-5H2,1-2H3,(H2,12,16)(H,17,18)/t8-/m1/s1. The van der Waals surface area contributed by atoms with Gasteiger partial charge in [0, 0.05) is 19.2 Å². The summed E-state index contributed by atoms with van der Waals surface area (Å²) in [4.78, 5) is 25.6. The molecule has 4 N–H and O–H groups in total. The summed E-state index contributed by atoms with van der Waals surface area (Å²) >= 11 is 0. The fourth-order valence-electron chi connectivity index (χ4n) is 1.70. The quantitative estimate of drug-likeness (QED) is 0.572. The predicted molar refractivity (Wildman–Crippen MR) is 72.8 cm³/mol. The minimum atomic E-state index is -4.08. The van der Waals surface area contributed by atoms with E-state index in [0.717, 1.165) is 0 Å². The molecule has 0 aliphatic carbocycles. The minimum absolute atomic E-state index is 0.225. The molecule has 0 spiro atoms. The molecule has 1 amide bonds. The molecule has 0 aromatic carbocycles. The number of nitrogens with two attached hydrogens (primary N) is 1. The van der Waals surface area contributed by atoms with Crippen LogP contribution >= 0.6 is 0 Å². The van der Waals surface area contributed by atoms with Crippen LogP contribution in [0.3, 0.4) is 0 Å². The molecule has 0 unspecified atom stereocenters. The van der Waals surface area contributed by atoms with E-state index in [1.807, 2.05) is 11.6 Å². The number of aliphatic carboxylic acids is 1. The first-order chi connectivity index (χ1) is 9.67. The van der Waals surface area contributed by atoms with Gasteiger partial charge in [-0.25, -0.2) is 13.4 Å². The monoisotopic (exact) mass is 318 g/mol. The number of amides is 1. The van der Waals surface area contributed by atoms with Gasteiger partial charge in [0.05, 0.1) is 0 Å². The molecule has 0 bridgehead atoms. The number of sulfonamides is 1. The molecule has 9 nitrogen and oxygen atoms in total. The highest BCUT2D eigenvalue weighted by molar-refractivity contribution is 7.89. The lowest BCUT2D eigenvalue weighted by Crippen LogP contribution is -2.41. The molecular formula is C11H18N4O5S. The Labute approximate surface area is 122 Å². The lowest BCUT2D eigenvalue weighted by molar-refractivity contribution is -0.139. The third kappa shape index (κ3) is 4.53. The van der Waals surface area contributed by atoms with Crippen LogP contribution in [0.1, 0.15) is 25.6 Å². The Balaban J connectivity index is 2.94. The van der Waals surface area contributed by atoms with E-state index in [1.165, 1.54) is 6.20 Å². The Hall–Kier alpha value is -1.94. The Kier molecular flexibility index (Phi) is 5.44. The van der Waals surface area contributed by atoms with Crippen molar-refractivity contribution in [3.8, 4) is 0 Å². The fourth-order valence-corrected chi connectivity index (χ4v) is 2.93. The number of carboxylic acids is 1. The van der Waals surface area contributed by atoms with E-state index in [2.05, 4.69) is 4.98 Å². The number of nitrogens with one attached hydrogen (secondary N) is 1. The molecule has 1 aromatic heterocycles. The summed E-state index contributed by atoms with van der Waals surface area (Å²) in [6.45, 7) is 4.01. The van der Waals surface area contributed by atoms with Crippen molar-refractivity contribution in [1.29, 1.82) is 0 Å². The van der Waals surface area contributed by atoms with Crippen molar-refractivity contribution < 1.29 is 23.1 Å². The van der Waals surface area contributed by atoms with Gasteiger partial charge < -0.3 is 15.4 Å². The number of aromatic nitrogens is 2. The number of primary amides is 1. The van der Waals surface area contributed by atoms with Crippen LogP contribution in [0.5, 0.6) is 0 Å². The van der Waals surface area contributed by atoms with Gasteiger partial charge in [0.2, 0.25) is 5.91 Å². The van der Waals surface area contributed by atoms with Gasteiger partial charge in [0.1, 0.15) is 11.9 Å². The molecule has 0 saturated carbocycles. The normalized spacial score (nSPS) is 13.0. The van der Waals surface area contributed by atoms with Crippen LogP contribution < -0.4 is 10.5 Å². The highest BCUT2D eigenvalue weighted by atomic mass is 32.2. The number of nitrogens with zero attached hydrogens (tertiary/aromatic N) is 2. The molecule has 1 rings (SSSR count). The molecule has 1 atom stereocenters. The highest BCUT2D eigenvalue weighted by Gasteiger charge is 2.27. The van der Waals surface area contributed by atoms with Gasteiger partial charge in [-0.05, 0) is 20.3 Å². The van der Waals surface area contributed by atoms with E-state index < -0.39 is 27.9 Å². The number of hydrogen-bond donors (Lipinski definition) is 3. The summed E-state index contributed by atoms with van der Waals surface area (Å²) in [6.07, 6.45) is 0.865. The number of imidazole rings is 1. The first-order valence-electron chi connectivity index (χ1n) is 6.24. The van der Waals surface area contributed by atoms with Gasteiger partial charge in [0.25, 0.3) is 10.0 Å². The van der Waals surface area contributed by atoms with Crippen LogP contribution in [-0.2, 0) is 26.2 Å². The zero-order valence-corrected chi connectivity index (χ0v) is 12.6. The summed E-state index contributed by atoms with van der Waals surface area (Å²) in [5.41, 5.74) is 4.93. The van der Waals surface area contributed by atoms with Crippen molar-refractivity contribution in [2.45, 2.75) is 44.3 Å². The maximum atomic E-state index is 12.1. The third-order valence-electron chi connectivity index (χ3n) is 2.84. The Bertz CT molecular complexity index is 637.